The minimum Gasteiger partial charge on any atom is -0.353 e. The van der Waals surface area contributed by atoms with E-state index in [1.54, 1.807) is 0 Å². The predicted molar refractivity (Wildman–Crippen MR) is 105 cm³/mol. The van der Waals surface area contributed by atoms with Gasteiger partial charge >= 0.3 is 0 Å². The Hall–Kier alpha value is -1.39. The van der Waals surface area contributed by atoms with Crippen LogP contribution in [0.5, 0.6) is 0 Å². The zero-order valence-corrected chi connectivity index (χ0v) is 16.1. The Kier molecular flexibility index (Phi) is 5.60. The van der Waals surface area contributed by atoms with Gasteiger partial charge in [0.15, 0.2) is 0 Å². The standard InChI is InChI=1S/C22H33N3O/c1-17-4-6-18(7-5-17)15-24-13-10-21(11-14-24)25-12-2-3-19(16-25)22(26)23-20-8-9-20/h4-7,19-21H,2-3,8-16H2,1H3,(H,23,26). The van der Waals surface area contributed by atoms with Crippen molar-refractivity contribution in [3.8, 4) is 0 Å². The molecule has 2 heterocycles. The Bertz CT molecular complexity index is 602. The second kappa shape index (κ2) is 8.10. The average molecular weight is 356 g/mol. The minimum absolute atomic E-state index is 0.218. The van der Waals surface area contributed by atoms with E-state index in [-0.39, 0.29) is 5.92 Å². The van der Waals surface area contributed by atoms with Crippen molar-refractivity contribution in [3.63, 3.8) is 0 Å². The molecule has 1 atom stereocenters. The molecule has 1 unspecified atom stereocenters. The molecule has 3 fully saturated rings. The zero-order valence-electron chi connectivity index (χ0n) is 16.1. The highest BCUT2D eigenvalue weighted by atomic mass is 16.2. The average Bonchev–Trinajstić information content (AvgIpc) is 3.48. The van der Waals surface area contributed by atoms with Crippen LogP contribution in [0.15, 0.2) is 24.3 Å². The van der Waals surface area contributed by atoms with E-state index in [4.69, 9.17) is 0 Å². The maximum Gasteiger partial charge on any atom is 0.224 e. The highest BCUT2D eigenvalue weighted by Crippen LogP contribution is 2.26. The van der Waals surface area contributed by atoms with Crippen molar-refractivity contribution in [2.45, 2.75) is 64.1 Å². The lowest BCUT2D eigenvalue weighted by atomic mass is 9.93. The lowest BCUT2D eigenvalue weighted by molar-refractivity contribution is -0.127. The van der Waals surface area contributed by atoms with Gasteiger partial charge in [-0.3, -0.25) is 14.6 Å². The number of carbonyl (C=O) groups excluding carboxylic acids is 1. The van der Waals surface area contributed by atoms with E-state index in [1.807, 2.05) is 0 Å². The van der Waals surface area contributed by atoms with Gasteiger partial charge in [-0.1, -0.05) is 29.8 Å². The van der Waals surface area contributed by atoms with Gasteiger partial charge in [-0.2, -0.15) is 0 Å². The first-order chi connectivity index (χ1) is 12.7. The number of amides is 1. The van der Waals surface area contributed by atoms with Crippen molar-refractivity contribution in [2.24, 2.45) is 5.92 Å². The van der Waals surface area contributed by atoms with Gasteiger partial charge in [-0.25, -0.2) is 0 Å². The largest absolute Gasteiger partial charge is 0.353 e. The molecule has 1 aromatic rings. The summed E-state index contributed by atoms with van der Waals surface area (Å²) in [6.45, 7) is 7.71. The molecule has 1 saturated carbocycles. The molecular weight excluding hydrogens is 322 g/mol. The molecule has 142 valence electrons. The van der Waals surface area contributed by atoms with Crippen LogP contribution in [0.1, 0.15) is 49.7 Å². The van der Waals surface area contributed by atoms with Crippen LogP contribution in [0.4, 0.5) is 0 Å². The first-order valence-corrected chi connectivity index (χ1v) is 10.5. The number of hydrogen-bond donors (Lipinski definition) is 1. The summed E-state index contributed by atoms with van der Waals surface area (Å²) in [6, 6.07) is 10.1. The quantitative estimate of drug-likeness (QED) is 0.882. The van der Waals surface area contributed by atoms with Crippen molar-refractivity contribution in [1.29, 1.82) is 0 Å². The van der Waals surface area contributed by atoms with E-state index in [2.05, 4.69) is 46.3 Å². The van der Waals surface area contributed by atoms with E-state index in [0.29, 0.717) is 18.0 Å². The molecule has 0 aromatic heterocycles. The SMILES string of the molecule is Cc1ccc(CN2CCC(N3CCCC(C(=O)NC4CC4)C3)CC2)cc1. The molecule has 4 heteroatoms. The smallest absolute Gasteiger partial charge is 0.224 e. The monoisotopic (exact) mass is 355 g/mol. The van der Waals surface area contributed by atoms with E-state index < -0.39 is 0 Å². The molecule has 4 nitrogen and oxygen atoms in total. The van der Waals surface area contributed by atoms with Crippen LogP contribution in [-0.2, 0) is 11.3 Å². The fourth-order valence-corrected chi connectivity index (χ4v) is 4.49. The molecule has 4 rings (SSSR count). The Morgan fingerprint density at radius 1 is 1.04 bits per heavy atom. The van der Waals surface area contributed by atoms with Gasteiger partial charge in [0.2, 0.25) is 5.91 Å². The number of rotatable bonds is 5. The third-order valence-electron chi connectivity index (χ3n) is 6.35. The number of hydrogen-bond acceptors (Lipinski definition) is 3. The molecule has 0 radical (unpaired) electrons. The molecule has 1 aromatic carbocycles. The molecule has 3 aliphatic rings. The second-order valence-corrected chi connectivity index (χ2v) is 8.61. The second-order valence-electron chi connectivity index (χ2n) is 8.61. The van der Waals surface area contributed by atoms with E-state index in [0.717, 1.165) is 19.5 Å². The highest BCUT2D eigenvalue weighted by Gasteiger charge is 2.33. The molecule has 0 bridgehead atoms. The maximum absolute atomic E-state index is 12.4. The molecule has 26 heavy (non-hydrogen) atoms. The van der Waals surface area contributed by atoms with Crippen LogP contribution in [0.25, 0.3) is 0 Å². The summed E-state index contributed by atoms with van der Waals surface area (Å²) < 4.78 is 0. The summed E-state index contributed by atoms with van der Waals surface area (Å²) in [7, 11) is 0. The number of carbonyl (C=O) groups is 1. The van der Waals surface area contributed by atoms with Crippen LogP contribution in [0.3, 0.4) is 0 Å². The van der Waals surface area contributed by atoms with Gasteiger partial charge in [0.25, 0.3) is 0 Å². The van der Waals surface area contributed by atoms with E-state index in [1.165, 1.54) is 62.9 Å². The van der Waals surface area contributed by atoms with Gasteiger partial charge < -0.3 is 5.32 Å². The number of piperidine rings is 2. The third-order valence-corrected chi connectivity index (χ3v) is 6.35. The van der Waals surface area contributed by atoms with Crippen molar-refractivity contribution in [2.75, 3.05) is 26.2 Å². The van der Waals surface area contributed by atoms with Gasteiger partial charge in [-0.05, 0) is 70.6 Å². The Morgan fingerprint density at radius 3 is 2.46 bits per heavy atom. The first kappa shape index (κ1) is 18.0. The molecular formula is C22H33N3O. The number of likely N-dealkylation sites (tertiary alicyclic amines) is 2. The summed E-state index contributed by atoms with van der Waals surface area (Å²) in [4.78, 5) is 17.6. The molecule has 1 amide bonds. The highest BCUT2D eigenvalue weighted by molar-refractivity contribution is 5.79. The van der Waals surface area contributed by atoms with Crippen LogP contribution in [0.2, 0.25) is 0 Å². The fourth-order valence-electron chi connectivity index (χ4n) is 4.49. The summed E-state index contributed by atoms with van der Waals surface area (Å²) in [6.07, 6.45) is 7.09. The van der Waals surface area contributed by atoms with Crippen molar-refractivity contribution in [1.82, 2.24) is 15.1 Å². The fraction of sp³-hybridized carbons (Fsp3) is 0.682. The predicted octanol–water partition coefficient (Wildman–Crippen LogP) is 2.95. The number of benzene rings is 1. The summed E-state index contributed by atoms with van der Waals surface area (Å²) in [5.74, 6) is 0.531. The molecule has 0 spiro atoms. The molecule has 1 aliphatic carbocycles. The zero-order chi connectivity index (χ0) is 17.9. The van der Waals surface area contributed by atoms with Crippen molar-refractivity contribution in [3.05, 3.63) is 35.4 Å². The summed E-state index contributed by atoms with van der Waals surface area (Å²) in [5.41, 5.74) is 2.75. The lowest BCUT2D eigenvalue weighted by Gasteiger charge is -2.42. The lowest BCUT2D eigenvalue weighted by Crippen LogP contribution is -2.50. The Balaban J connectivity index is 1.24. The van der Waals surface area contributed by atoms with Crippen LogP contribution < -0.4 is 5.32 Å². The van der Waals surface area contributed by atoms with Crippen LogP contribution in [-0.4, -0.2) is 54.0 Å². The van der Waals surface area contributed by atoms with Crippen LogP contribution in [0, 0.1) is 12.8 Å². The number of nitrogens with zero attached hydrogens (tertiary/aromatic N) is 2. The van der Waals surface area contributed by atoms with E-state index in [9.17, 15) is 4.79 Å². The summed E-state index contributed by atoms with van der Waals surface area (Å²) >= 11 is 0. The van der Waals surface area contributed by atoms with Gasteiger partial charge in [0.1, 0.15) is 0 Å². The minimum atomic E-state index is 0.218. The number of aryl methyl sites for hydroxylation is 1. The van der Waals surface area contributed by atoms with Crippen molar-refractivity contribution >= 4 is 5.91 Å². The maximum atomic E-state index is 12.4. The summed E-state index contributed by atoms with van der Waals surface area (Å²) in [5, 5.41) is 3.21. The van der Waals surface area contributed by atoms with Gasteiger partial charge in [-0.15, -0.1) is 0 Å². The van der Waals surface area contributed by atoms with Crippen LogP contribution >= 0.6 is 0 Å². The number of nitrogens with one attached hydrogen (secondary N) is 1. The van der Waals surface area contributed by atoms with Gasteiger partial charge in [0.05, 0.1) is 5.92 Å². The topological polar surface area (TPSA) is 35.6 Å². The first-order valence-electron chi connectivity index (χ1n) is 10.5. The van der Waals surface area contributed by atoms with Gasteiger partial charge in [0, 0.05) is 25.2 Å². The van der Waals surface area contributed by atoms with E-state index >= 15 is 0 Å². The third kappa shape index (κ3) is 4.66. The Labute approximate surface area is 157 Å². The van der Waals surface area contributed by atoms with Crippen molar-refractivity contribution < 1.29 is 4.79 Å². The molecule has 1 N–H and O–H groups in total. The Morgan fingerprint density at radius 2 is 1.77 bits per heavy atom. The molecule has 2 aliphatic heterocycles. The normalized spacial score (nSPS) is 26.0. The molecule has 2 saturated heterocycles.